The molecule has 0 spiro atoms. The molecular weight excluding hydrogens is 242 g/mol. The predicted octanol–water partition coefficient (Wildman–Crippen LogP) is 1.21. The molecule has 0 saturated heterocycles. The molecule has 0 unspecified atom stereocenters. The molecule has 102 valence electrons. The smallest absolute Gasteiger partial charge is 0.238 e. The highest BCUT2D eigenvalue weighted by molar-refractivity contribution is 5.94. The fraction of sp³-hybridized carbons (Fsp3) is 0.462. The van der Waals surface area contributed by atoms with Gasteiger partial charge in [0.2, 0.25) is 5.91 Å². The van der Waals surface area contributed by atoms with E-state index in [0.717, 1.165) is 16.7 Å². The second kappa shape index (κ2) is 5.36. The minimum atomic E-state index is -0.0728. The second-order valence-corrected chi connectivity index (χ2v) is 4.89. The van der Waals surface area contributed by atoms with Crippen LogP contribution >= 0.6 is 0 Å². The highest BCUT2D eigenvalue weighted by Gasteiger charge is 2.09. The van der Waals surface area contributed by atoms with Crippen LogP contribution in [0.15, 0.2) is 12.3 Å². The van der Waals surface area contributed by atoms with Gasteiger partial charge in [0, 0.05) is 18.5 Å². The number of amides is 1. The molecule has 2 heterocycles. The average molecular weight is 261 g/mol. The third-order valence-electron chi connectivity index (χ3n) is 2.82. The Bertz CT molecular complexity index is 602. The standard InChI is InChI=1S/C13H19N5O/c1-8(2)14-7-12(19)16-10-5-11-9(3)17-18(4)13(11)15-6-10/h5-6,8,14H,7H2,1-4H3,(H,16,19). The molecule has 0 aliphatic rings. The van der Waals surface area contributed by atoms with Crippen molar-refractivity contribution in [2.75, 3.05) is 11.9 Å². The van der Waals surface area contributed by atoms with Crippen molar-refractivity contribution in [2.45, 2.75) is 26.8 Å². The third kappa shape index (κ3) is 3.08. The Morgan fingerprint density at radius 2 is 2.21 bits per heavy atom. The van der Waals surface area contributed by atoms with Gasteiger partial charge in [0.1, 0.15) is 0 Å². The van der Waals surface area contributed by atoms with Gasteiger partial charge in [-0.2, -0.15) is 5.10 Å². The molecule has 1 amide bonds. The highest BCUT2D eigenvalue weighted by atomic mass is 16.1. The van der Waals surface area contributed by atoms with E-state index in [1.165, 1.54) is 0 Å². The molecule has 19 heavy (non-hydrogen) atoms. The molecule has 0 saturated carbocycles. The summed E-state index contributed by atoms with van der Waals surface area (Å²) >= 11 is 0. The zero-order chi connectivity index (χ0) is 14.0. The van der Waals surface area contributed by atoms with Crippen molar-refractivity contribution in [3.05, 3.63) is 18.0 Å². The van der Waals surface area contributed by atoms with Gasteiger partial charge in [-0.25, -0.2) is 4.98 Å². The Kier molecular flexibility index (Phi) is 3.80. The molecule has 2 N–H and O–H groups in total. The fourth-order valence-electron chi connectivity index (χ4n) is 1.88. The summed E-state index contributed by atoms with van der Waals surface area (Å²) in [4.78, 5) is 16.0. The number of pyridine rings is 1. The van der Waals surface area contributed by atoms with Crippen LogP contribution in [0.2, 0.25) is 0 Å². The molecule has 0 atom stereocenters. The maximum absolute atomic E-state index is 11.7. The van der Waals surface area contributed by atoms with E-state index in [1.807, 2.05) is 33.9 Å². The lowest BCUT2D eigenvalue weighted by atomic mass is 10.2. The number of nitrogens with zero attached hydrogens (tertiary/aromatic N) is 3. The van der Waals surface area contributed by atoms with Gasteiger partial charge in [0.05, 0.1) is 24.1 Å². The summed E-state index contributed by atoms with van der Waals surface area (Å²) in [5.41, 5.74) is 2.41. The molecule has 0 aliphatic carbocycles. The number of hydrogen-bond donors (Lipinski definition) is 2. The van der Waals surface area contributed by atoms with E-state index in [2.05, 4.69) is 20.7 Å². The molecule has 2 aromatic heterocycles. The third-order valence-corrected chi connectivity index (χ3v) is 2.82. The first-order valence-corrected chi connectivity index (χ1v) is 6.30. The summed E-state index contributed by atoms with van der Waals surface area (Å²) in [6.45, 7) is 6.22. The first kappa shape index (κ1) is 13.5. The molecule has 0 radical (unpaired) electrons. The van der Waals surface area contributed by atoms with E-state index in [1.54, 1.807) is 10.9 Å². The van der Waals surface area contributed by atoms with Gasteiger partial charge in [-0.1, -0.05) is 13.8 Å². The van der Waals surface area contributed by atoms with Gasteiger partial charge in [0.15, 0.2) is 5.65 Å². The van der Waals surface area contributed by atoms with E-state index in [9.17, 15) is 4.79 Å². The van der Waals surface area contributed by atoms with Gasteiger partial charge >= 0.3 is 0 Å². The zero-order valence-corrected chi connectivity index (χ0v) is 11.7. The maximum atomic E-state index is 11.7. The maximum Gasteiger partial charge on any atom is 0.238 e. The van der Waals surface area contributed by atoms with Gasteiger partial charge in [-0.15, -0.1) is 0 Å². The molecule has 0 bridgehead atoms. The lowest BCUT2D eigenvalue weighted by Crippen LogP contribution is -2.32. The van der Waals surface area contributed by atoms with Crippen molar-refractivity contribution in [1.82, 2.24) is 20.1 Å². The number of fused-ring (bicyclic) bond motifs is 1. The summed E-state index contributed by atoms with van der Waals surface area (Å²) in [5, 5.41) is 11.1. The van der Waals surface area contributed by atoms with Crippen molar-refractivity contribution >= 4 is 22.6 Å². The van der Waals surface area contributed by atoms with Crippen LogP contribution < -0.4 is 10.6 Å². The van der Waals surface area contributed by atoms with Crippen LogP contribution in [0, 0.1) is 6.92 Å². The van der Waals surface area contributed by atoms with Crippen molar-refractivity contribution in [3.63, 3.8) is 0 Å². The summed E-state index contributed by atoms with van der Waals surface area (Å²) in [6, 6.07) is 2.18. The number of carbonyl (C=O) groups excluding carboxylic acids is 1. The normalized spacial score (nSPS) is 11.2. The number of nitrogens with one attached hydrogen (secondary N) is 2. The molecule has 2 rings (SSSR count). The summed E-state index contributed by atoms with van der Waals surface area (Å²) in [7, 11) is 1.85. The van der Waals surface area contributed by atoms with E-state index in [4.69, 9.17) is 0 Å². The Balaban J connectivity index is 2.13. The van der Waals surface area contributed by atoms with Crippen LogP contribution in [-0.4, -0.2) is 33.3 Å². The Morgan fingerprint density at radius 3 is 2.89 bits per heavy atom. The van der Waals surface area contributed by atoms with Crippen molar-refractivity contribution < 1.29 is 4.79 Å². The summed E-state index contributed by atoms with van der Waals surface area (Å²) < 4.78 is 1.73. The number of aryl methyl sites for hydroxylation is 2. The minimum Gasteiger partial charge on any atom is -0.324 e. The van der Waals surface area contributed by atoms with Gasteiger partial charge < -0.3 is 10.6 Å². The minimum absolute atomic E-state index is 0.0728. The largest absolute Gasteiger partial charge is 0.324 e. The van der Waals surface area contributed by atoms with E-state index in [0.29, 0.717) is 12.2 Å². The first-order valence-electron chi connectivity index (χ1n) is 6.30. The quantitative estimate of drug-likeness (QED) is 0.868. The fourth-order valence-corrected chi connectivity index (χ4v) is 1.88. The number of anilines is 1. The van der Waals surface area contributed by atoms with Crippen LogP contribution in [0.5, 0.6) is 0 Å². The van der Waals surface area contributed by atoms with Gasteiger partial charge in [-0.3, -0.25) is 9.48 Å². The van der Waals surface area contributed by atoms with E-state index < -0.39 is 0 Å². The average Bonchev–Trinajstić information content (AvgIpc) is 2.62. The first-order chi connectivity index (χ1) is 8.97. The van der Waals surface area contributed by atoms with Crippen LogP contribution in [0.4, 0.5) is 5.69 Å². The number of rotatable bonds is 4. The molecule has 6 heteroatoms. The monoisotopic (exact) mass is 261 g/mol. The van der Waals surface area contributed by atoms with Gasteiger partial charge in [0.25, 0.3) is 0 Å². The van der Waals surface area contributed by atoms with Crippen LogP contribution in [0.1, 0.15) is 19.5 Å². The van der Waals surface area contributed by atoms with Crippen LogP contribution in [0.25, 0.3) is 11.0 Å². The zero-order valence-electron chi connectivity index (χ0n) is 11.7. The number of hydrogen-bond acceptors (Lipinski definition) is 4. The Hall–Kier alpha value is -1.95. The summed E-state index contributed by atoms with van der Waals surface area (Å²) in [5.74, 6) is -0.0728. The molecule has 0 fully saturated rings. The molecular formula is C13H19N5O. The molecule has 6 nitrogen and oxygen atoms in total. The van der Waals surface area contributed by atoms with Crippen LogP contribution in [-0.2, 0) is 11.8 Å². The Morgan fingerprint density at radius 1 is 1.47 bits per heavy atom. The Labute approximate surface area is 112 Å². The van der Waals surface area contributed by atoms with Crippen molar-refractivity contribution in [2.24, 2.45) is 7.05 Å². The topological polar surface area (TPSA) is 71.8 Å². The van der Waals surface area contributed by atoms with Crippen LogP contribution in [0.3, 0.4) is 0 Å². The summed E-state index contributed by atoms with van der Waals surface area (Å²) in [6.07, 6.45) is 1.65. The van der Waals surface area contributed by atoms with Crippen molar-refractivity contribution in [1.29, 1.82) is 0 Å². The number of aromatic nitrogens is 3. The lowest BCUT2D eigenvalue weighted by Gasteiger charge is -2.08. The second-order valence-electron chi connectivity index (χ2n) is 4.89. The SMILES string of the molecule is Cc1nn(C)c2ncc(NC(=O)CNC(C)C)cc12. The van der Waals surface area contributed by atoms with E-state index in [-0.39, 0.29) is 11.9 Å². The predicted molar refractivity (Wildman–Crippen MR) is 75.0 cm³/mol. The highest BCUT2D eigenvalue weighted by Crippen LogP contribution is 2.18. The molecule has 0 aromatic carbocycles. The molecule has 0 aliphatic heterocycles. The van der Waals surface area contributed by atoms with Crippen molar-refractivity contribution in [3.8, 4) is 0 Å². The molecule has 2 aromatic rings. The lowest BCUT2D eigenvalue weighted by molar-refractivity contribution is -0.115. The van der Waals surface area contributed by atoms with E-state index >= 15 is 0 Å². The number of carbonyl (C=O) groups is 1. The van der Waals surface area contributed by atoms with Gasteiger partial charge in [-0.05, 0) is 13.0 Å².